The Balaban J connectivity index is 1.54. The summed E-state index contributed by atoms with van der Waals surface area (Å²) in [5.74, 6) is 1.10. The van der Waals surface area contributed by atoms with Crippen LogP contribution in [0, 0.1) is 13.8 Å². The Bertz CT molecular complexity index is 1450. The molecule has 2 aromatic carbocycles. The van der Waals surface area contributed by atoms with Crippen molar-refractivity contribution in [2.45, 2.75) is 62.9 Å². The summed E-state index contributed by atoms with van der Waals surface area (Å²) in [5, 5.41) is 13.1. The molecule has 1 aliphatic rings. The average molecular weight is 476 g/mol. The lowest BCUT2D eigenvalue weighted by molar-refractivity contribution is 0.0928. The SMILES string of the molecule is Cc1ccc(C)c(CSc2nnc3n(C)c(=O)c4ccc(C(=O)NC5CCCCC5)cc4n23)c1. The summed E-state index contributed by atoms with van der Waals surface area (Å²) in [5.41, 5.74) is 4.73. The van der Waals surface area contributed by atoms with Crippen LogP contribution in [-0.4, -0.2) is 31.1 Å². The Morgan fingerprint density at radius 1 is 1.09 bits per heavy atom. The highest BCUT2D eigenvalue weighted by molar-refractivity contribution is 7.98. The molecule has 0 spiro atoms. The minimum absolute atomic E-state index is 0.0970. The number of nitrogens with zero attached hydrogens (tertiary/aromatic N) is 4. The van der Waals surface area contributed by atoms with Crippen LogP contribution in [0.4, 0.5) is 0 Å². The number of carbonyl (C=O) groups excluding carboxylic acids is 1. The van der Waals surface area contributed by atoms with Crippen molar-refractivity contribution in [3.05, 3.63) is 69.0 Å². The zero-order valence-electron chi connectivity index (χ0n) is 19.8. The van der Waals surface area contributed by atoms with E-state index in [9.17, 15) is 9.59 Å². The third-order valence-corrected chi connectivity index (χ3v) is 7.73. The number of nitrogens with one attached hydrogen (secondary N) is 1. The van der Waals surface area contributed by atoms with Gasteiger partial charge in [0, 0.05) is 24.4 Å². The molecular formula is C26H29N5O2S. The summed E-state index contributed by atoms with van der Waals surface area (Å²) in [6.07, 6.45) is 5.59. The van der Waals surface area contributed by atoms with Crippen molar-refractivity contribution in [1.29, 1.82) is 0 Å². The first-order valence-electron chi connectivity index (χ1n) is 11.8. The van der Waals surface area contributed by atoms with E-state index in [1.807, 2.05) is 4.40 Å². The number of hydrogen-bond acceptors (Lipinski definition) is 5. The van der Waals surface area contributed by atoms with Crippen molar-refractivity contribution in [2.24, 2.45) is 7.05 Å². The molecule has 2 heterocycles. The normalized spacial score (nSPS) is 14.7. The highest BCUT2D eigenvalue weighted by Gasteiger charge is 2.20. The third kappa shape index (κ3) is 4.22. The van der Waals surface area contributed by atoms with E-state index >= 15 is 0 Å². The first-order chi connectivity index (χ1) is 16.4. The van der Waals surface area contributed by atoms with Crippen LogP contribution in [0.3, 0.4) is 0 Å². The fraction of sp³-hybridized carbons (Fsp3) is 0.385. The molecule has 0 unspecified atom stereocenters. The molecule has 0 saturated heterocycles. The largest absolute Gasteiger partial charge is 0.349 e. The van der Waals surface area contributed by atoms with E-state index in [1.165, 1.54) is 27.7 Å². The highest BCUT2D eigenvalue weighted by atomic mass is 32.2. The number of thioether (sulfide) groups is 1. The minimum Gasteiger partial charge on any atom is -0.349 e. The molecule has 1 saturated carbocycles. The third-order valence-electron chi connectivity index (χ3n) is 6.75. The smallest absolute Gasteiger partial charge is 0.262 e. The number of aromatic nitrogens is 4. The minimum atomic E-state index is -0.153. The molecule has 1 N–H and O–H groups in total. The topological polar surface area (TPSA) is 81.3 Å². The molecule has 0 aliphatic heterocycles. The molecule has 0 bridgehead atoms. The van der Waals surface area contributed by atoms with Gasteiger partial charge in [0.1, 0.15) is 0 Å². The second-order valence-corrected chi connectivity index (χ2v) is 10.2. The second-order valence-electron chi connectivity index (χ2n) is 9.24. The van der Waals surface area contributed by atoms with E-state index in [0.717, 1.165) is 31.4 Å². The van der Waals surface area contributed by atoms with Crippen LogP contribution >= 0.6 is 11.8 Å². The molecule has 0 radical (unpaired) electrons. The Hall–Kier alpha value is -3.13. The van der Waals surface area contributed by atoms with Crippen molar-refractivity contribution in [3.63, 3.8) is 0 Å². The van der Waals surface area contributed by atoms with Gasteiger partial charge in [0.2, 0.25) is 5.78 Å². The van der Waals surface area contributed by atoms with Gasteiger partial charge in [-0.3, -0.25) is 18.6 Å². The summed E-state index contributed by atoms with van der Waals surface area (Å²) in [6, 6.07) is 11.9. The maximum absolute atomic E-state index is 13.0. The number of amides is 1. The Morgan fingerprint density at radius 2 is 1.88 bits per heavy atom. The van der Waals surface area contributed by atoms with Crippen LogP contribution in [0.5, 0.6) is 0 Å². The highest BCUT2D eigenvalue weighted by Crippen LogP contribution is 2.27. The monoisotopic (exact) mass is 475 g/mol. The van der Waals surface area contributed by atoms with Crippen molar-refractivity contribution < 1.29 is 4.79 Å². The van der Waals surface area contributed by atoms with Crippen LogP contribution in [0.25, 0.3) is 16.7 Å². The van der Waals surface area contributed by atoms with Gasteiger partial charge in [-0.25, -0.2) is 0 Å². The van der Waals surface area contributed by atoms with Gasteiger partial charge in [0.25, 0.3) is 11.5 Å². The zero-order chi connectivity index (χ0) is 23.8. The van der Waals surface area contributed by atoms with E-state index in [2.05, 4.69) is 47.6 Å². The van der Waals surface area contributed by atoms with Gasteiger partial charge >= 0.3 is 0 Å². The number of hydrogen-bond donors (Lipinski definition) is 1. The number of rotatable bonds is 5. The van der Waals surface area contributed by atoms with E-state index < -0.39 is 0 Å². The fourth-order valence-electron chi connectivity index (χ4n) is 4.71. The first kappa shape index (κ1) is 22.7. The van der Waals surface area contributed by atoms with Crippen molar-refractivity contribution in [3.8, 4) is 0 Å². The van der Waals surface area contributed by atoms with Gasteiger partial charge in [-0.1, -0.05) is 54.8 Å². The summed E-state index contributed by atoms with van der Waals surface area (Å²) in [7, 11) is 1.70. The molecule has 5 rings (SSSR count). The van der Waals surface area contributed by atoms with Gasteiger partial charge < -0.3 is 5.32 Å². The molecule has 34 heavy (non-hydrogen) atoms. The lowest BCUT2D eigenvalue weighted by Gasteiger charge is -2.22. The quantitative estimate of drug-likeness (QED) is 0.428. The number of fused-ring (bicyclic) bond motifs is 3. The molecule has 2 aromatic heterocycles. The molecule has 4 aromatic rings. The van der Waals surface area contributed by atoms with Crippen molar-refractivity contribution in [1.82, 2.24) is 24.5 Å². The van der Waals surface area contributed by atoms with Gasteiger partial charge in [-0.2, -0.15) is 0 Å². The molecule has 1 aliphatic carbocycles. The predicted octanol–water partition coefficient (Wildman–Crippen LogP) is 4.55. The number of aryl methyl sites for hydroxylation is 3. The van der Waals surface area contributed by atoms with Crippen LogP contribution in [-0.2, 0) is 12.8 Å². The molecule has 1 fully saturated rings. The molecule has 176 valence electrons. The predicted molar refractivity (Wildman–Crippen MR) is 136 cm³/mol. The second kappa shape index (κ2) is 9.25. The lowest BCUT2D eigenvalue weighted by Crippen LogP contribution is -2.36. The summed E-state index contributed by atoms with van der Waals surface area (Å²) in [6.45, 7) is 4.19. The molecule has 8 heteroatoms. The standard InChI is InChI=1S/C26H29N5O2S/c1-16-9-10-17(2)19(13-16)15-34-26-29-28-25-30(3)24(33)21-12-11-18(14-22(21)31(25)26)23(32)27-20-7-5-4-6-8-20/h9-14,20H,4-8,15H2,1-3H3,(H,27,32). The van der Waals surface area contributed by atoms with E-state index in [1.54, 1.807) is 37.0 Å². The Morgan fingerprint density at radius 3 is 2.68 bits per heavy atom. The Labute approximate surface area is 202 Å². The van der Waals surface area contributed by atoms with Crippen LogP contribution in [0.2, 0.25) is 0 Å². The average Bonchev–Trinajstić information content (AvgIpc) is 3.27. The van der Waals surface area contributed by atoms with Crippen LogP contribution in [0.15, 0.2) is 46.3 Å². The van der Waals surface area contributed by atoms with Crippen LogP contribution in [0.1, 0.15) is 59.2 Å². The maximum atomic E-state index is 13.0. The van der Waals surface area contributed by atoms with Gasteiger partial charge in [0.15, 0.2) is 5.16 Å². The summed E-state index contributed by atoms with van der Waals surface area (Å²) < 4.78 is 3.41. The van der Waals surface area contributed by atoms with Gasteiger partial charge in [-0.05, 0) is 56.0 Å². The number of carbonyl (C=O) groups is 1. The number of benzene rings is 2. The van der Waals surface area contributed by atoms with Crippen molar-refractivity contribution >= 4 is 34.3 Å². The van der Waals surface area contributed by atoms with Crippen LogP contribution < -0.4 is 10.9 Å². The molecule has 1 amide bonds. The molecular weight excluding hydrogens is 446 g/mol. The molecule has 0 atom stereocenters. The fourth-order valence-corrected chi connectivity index (χ4v) is 5.71. The van der Waals surface area contributed by atoms with E-state index in [4.69, 9.17) is 0 Å². The lowest BCUT2D eigenvalue weighted by atomic mass is 9.95. The Kier molecular flexibility index (Phi) is 6.16. The maximum Gasteiger partial charge on any atom is 0.262 e. The van der Waals surface area contributed by atoms with Gasteiger partial charge in [0.05, 0.1) is 10.9 Å². The van der Waals surface area contributed by atoms with E-state index in [0.29, 0.717) is 27.4 Å². The first-order valence-corrected chi connectivity index (χ1v) is 12.8. The van der Waals surface area contributed by atoms with E-state index in [-0.39, 0.29) is 17.5 Å². The van der Waals surface area contributed by atoms with Gasteiger partial charge in [-0.15, -0.1) is 10.2 Å². The van der Waals surface area contributed by atoms with Crippen molar-refractivity contribution in [2.75, 3.05) is 0 Å². The summed E-state index contributed by atoms with van der Waals surface area (Å²) >= 11 is 1.58. The zero-order valence-corrected chi connectivity index (χ0v) is 20.6. The summed E-state index contributed by atoms with van der Waals surface area (Å²) in [4.78, 5) is 26.0. The molecule has 7 nitrogen and oxygen atoms in total.